The maximum Gasteiger partial charge on any atom is 0.251 e. The highest BCUT2D eigenvalue weighted by molar-refractivity contribution is 5.97. The van der Waals surface area contributed by atoms with Crippen molar-refractivity contribution in [2.24, 2.45) is 0 Å². The van der Waals surface area contributed by atoms with Crippen LogP contribution in [0.15, 0.2) is 18.2 Å². The zero-order valence-electron chi connectivity index (χ0n) is 18.5. The predicted molar refractivity (Wildman–Crippen MR) is 117 cm³/mol. The molecule has 1 aromatic carbocycles. The molecule has 0 radical (unpaired) electrons. The van der Waals surface area contributed by atoms with Gasteiger partial charge in [-0.2, -0.15) is 0 Å². The summed E-state index contributed by atoms with van der Waals surface area (Å²) in [5.41, 5.74) is 2.59. The van der Waals surface area contributed by atoms with Gasteiger partial charge in [0.2, 0.25) is 5.91 Å². The lowest BCUT2D eigenvalue weighted by Crippen LogP contribution is -2.35. The minimum absolute atomic E-state index is 0.0525. The van der Waals surface area contributed by atoms with Crippen molar-refractivity contribution in [3.63, 3.8) is 0 Å². The van der Waals surface area contributed by atoms with E-state index in [-0.39, 0.29) is 11.8 Å². The fraction of sp³-hybridized carbons (Fsp3) is 0.652. The molecule has 0 unspecified atom stereocenters. The van der Waals surface area contributed by atoms with Crippen molar-refractivity contribution in [1.29, 1.82) is 0 Å². The number of ether oxygens (including phenoxy) is 1. The molecular weight excluding hydrogens is 366 g/mol. The topological polar surface area (TPSA) is 61.9 Å². The molecule has 1 N–H and O–H groups in total. The van der Waals surface area contributed by atoms with Gasteiger partial charge in [-0.15, -0.1) is 0 Å². The number of rotatable bonds is 5. The van der Waals surface area contributed by atoms with Gasteiger partial charge in [0.1, 0.15) is 0 Å². The molecule has 0 saturated carbocycles. The van der Waals surface area contributed by atoms with Crippen molar-refractivity contribution in [3.8, 4) is 0 Å². The molecule has 29 heavy (non-hydrogen) atoms. The number of nitrogens with one attached hydrogen (secondary N) is 1. The predicted octanol–water partition coefficient (Wildman–Crippen LogP) is 3.59. The van der Waals surface area contributed by atoms with E-state index in [1.807, 2.05) is 23.1 Å². The van der Waals surface area contributed by atoms with E-state index >= 15 is 0 Å². The van der Waals surface area contributed by atoms with Crippen molar-refractivity contribution in [2.45, 2.75) is 65.5 Å². The molecular formula is C23H37N3O3. The van der Waals surface area contributed by atoms with Gasteiger partial charge in [0.15, 0.2) is 0 Å². The Balaban J connectivity index is 2.38. The fourth-order valence-electron chi connectivity index (χ4n) is 3.79. The SMILES string of the molecule is COCCNC(=O)c1ccc2c(c1)CN(C(C)C)CCCCCCCN2C(C)=O. The number of hydrogen-bond acceptors (Lipinski definition) is 4. The average molecular weight is 404 g/mol. The van der Waals surface area contributed by atoms with Crippen LogP contribution in [-0.4, -0.2) is 56.1 Å². The molecule has 162 valence electrons. The van der Waals surface area contributed by atoms with E-state index in [0.29, 0.717) is 24.8 Å². The fourth-order valence-corrected chi connectivity index (χ4v) is 3.79. The van der Waals surface area contributed by atoms with Crippen LogP contribution in [-0.2, 0) is 16.1 Å². The van der Waals surface area contributed by atoms with Crippen LogP contribution in [0.25, 0.3) is 0 Å². The maximum absolute atomic E-state index is 12.6. The molecule has 2 rings (SSSR count). The highest BCUT2D eigenvalue weighted by Crippen LogP contribution is 2.26. The number of anilines is 1. The third kappa shape index (κ3) is 7.12. The molecule has 0 spiro atoms. The summed E-state index contributed by atoms with van der Waals surface area (Å²) in [6.45, 7) is 9.48. The highest BCUT2D eigenvalue weighted by atomic mass is 16.5. The first-order valence-corrected chi connectivity index (χ1v) is 10.9. The van der Waals surface area contributed by atoms with Crippen molar-refractivity contribution in [3.05, 3.63) is 29.3 Å². The van der Waals surface area contributed by atoms with Gasteiger partial charge in [-0.25, -0.2) is 0 Å². The van der Waals surface area contributed by atoms with Gasteiger partial charge in [-0.1, -0.05) is 19.3 Å². The largest absolute Gasteiger partial charge is 0.383 e. The summed E-state index contributed by atoms with van der Waals surface area (Å²) in [6.07, 6.45) is 5.76. The molecule has 1 aliphatic rings. The quantitative estimate of drug-likeness (QED) is 0.763. The van der Waals surface area contributed by atoms with Crippen LogP contribution in [0.4, 0.5) is 5.69 Å². The summed E-state index contributed by atoms with van der Waals surface area (Å²) in [4.78, 5) is 29.3. The Kier molecular flexibility index (Phi) is 9.61. The summed E-state index contributed by atoms with van der Waals surface area (Å²) >= 11 is 0. The Labute approximate surface area is 175 Å². The van der Waals surface area contributed by atoms with Gasteiger partial charge < -0.3 is 15.0 Å². The Bertz CT molecular complexity index is 675. The lowest BCUT2D eigenvalue weighted by atomic mass is 10.0. The average Bonchev–Trinajstić information content (AvgIpc) is 2.67. The second-order valence-electron chi connectivity index (χ2n) is 8.09. The van der Waals surface area contributed by atoms with Crippen molar-refractivity contribution in [2.75, 3.05) is 38.3 Å². The molecule has 0 fully saturated rings. The standard InChI is InChI=1S/C23H37N3O3/c1-18(2)25-13-8-6-5-7-9-14-26(19(3)27)22-11-10-20(16-21(22)17-25)23(28)24-12-15-29-4/h10-11,16,18H,5-9,12-15,17H2,1-4H3,(H,24,28). The van der Waals surface area contributed by atoms with E-state index in [4.69, 9.17) is 4.74 Å². The maximum atomic E-state index is 12.6. The van der Waals surface area contributed by atoms with Gasteiger partial charge >= 0.3 is 0 Å². The van der Waals surface area contributed by atoms with Gasteiger partial charge in [0, 0.05) is 51.0 Å². The van der Waals surface area contributed by atoms with Crippen LogP contribution < -0.4 is 10.2 Å². The number of amides is 2. The van der Waals surface area contributed by atoms with E-state index in [1.54, 1.807) is 14.0 Å². The first-order valence-electron chi connectivity index (χ1n) is 10.9. The Hall–Kier alpha value is -1.92. The number of methoxy groups -OCH3 is 1. The van der Waals surface area contributed by atoms with Gasteiger partial charge in [0.05, 0.1) is 6.61 Å². The third-order valence-corrected chi connectivity index (χ3v) is 5.54. The first-order chi connectivity index (χ1) is 13.9. The molecule has 0 aromatic heterocycles. The van der Waals surface area contributed by atoms with E-state index in [9.17, 15) is 9.59 Å². The Morgan fingerprint density at radius 3 is 2.45 bits per heavy atom. The second-order valence-corrected chi connectivity index (χ2v) is 8.09. The third-order valence-electron chi connectivity index (χ3n) is 5.54. The molecule has 1 heterocycles. The van der Waals surface area contributed by atoms with Crippen molar-refractivity contribution < 1.29 is 14.3 Å². The van der Waals surface area contributed by atoms with Crippen LogP contribution in [0, 0.1) is 0 Å². The molecule has 1 aromatic rings. The summed E-state index contributed by atoms with van der Waals surface area (Å²) < 4.78 is 5.01. The number of nitrogens with zero attached hydrogens (tertiary/aromatic N) is 2. The normalized spacial score (nSPS) is 16.7. The minimum Gasteiger partial charge on any atom is -0.383 e. The van der Waals surface area contributed by atoms with Crippen molar-refractivity contribution in [1.82, 2.24) is 10.2 Å². The first kappa shape index (κ1) is 23.4. The molecule has 6 heteroatoms. The molecule has 0 atom stereocenters. The number of fused-ring (bicyclic) bond motifs is 1. The number of carbonyl (C=O) groups excluding carboxylic acids is 2. The van der Waals surface area contributed by atoms with E-state index < -0.39 is 0 Å². The van der Waals surface area contributed by atoms with Crippen LogP contribution in [0.2, 0.25) is 0 Å². The Morgan fingerprint density at radius 1 is 1.10 bits per heavy atom. The molecule has 2 amide bonds. The highest BCUT2D eigenvalue weighted by Gasteiger charge is 2.20. The lowest BCUT2D eigenvalue weighted by Gasteiger charge is -2.31. The van der Waals surface area contributed by atoms with E-state index in [0.717, 1.165) is 43.7 Å². The monoisotopic (exact) mass is 403 g/mol. The molecule has 0 aliphatic carbocycles. The number of carbonyl (C=O) groups is 2. The second kappa shape index (κ2) is 11.9. The lowest BCUT2D eigenvalue weighted by molar-refractivity contribution is -0.116. The summed E-state index contributed by atoms with van der Waals surface area (Å²) in [5, 5.41) is 2.89. The van der Waals surface area contributed by atoms with Crippen LogP contribution in [0.1, 0.15) is 68.8 Å². The minimum atomic E-state index is -0.110. The van der Waals surface area contributed by atoms with Gasteiger partial charge in [-0.05, 0) is 57.0 Å². The van der Waals surface area contributed by atoms with E-state index in [1.165, 1.54) is 19.3 Å². The molecule has 0 bridgehead atoms. The van der Waals surface area contributed by atoms with Gasteiger partial charge in [0.25, 0.3) is 5.91 Å². The number of benzene rings is 1. The van der Waals surface area contributed by atoms with Crippen LogP contribution in [0.5, 0.6) is 0 Å². The molecule has 6 nitrogen and oxygen atoms in total. The van der Waals surface area contributed by atoms with Gasteiger partial charge in [-0.3, -0.25) is 14.5 Å². The summed E-state index contributed by atoms with van der Waals surface area (Å²) in [7, 11) is 1.62. The summed E-state index contributed by atoms with van der Waals surface area (Å²) in [5.74, 6) is -0.0573. The molecule has 0 saturated heterocycles. The number of hydrogen-bond donors (Lipinski definition) is 1. The Morgan fingerprint density at radius 2 is 1.79 bits per heavy atom. The van der Waals surface area contributed by atoms with E-state index in [2.05, 4.69) is 24.1 Å². The molecule has 1 aliphatic heterocycles. The van der Waals surface area contributed by atoms with Crippen LogP contribution in [0.3, 0.4) is 0 Å². The zero-order chi connectivity index (χ0) is 21.2. The van der Waals surface area contributed by atoms with Crippen molar-refractivity contribution >= 4 is 17.5 Å². The van der Waals surface area contributed by atoms with Crippen LogP contribution >= 0.6 is 0 Å². The smallest absolute Gasteiger partial charge is 0.251 e. The zero-order valence-corrected chi connectivity index (χ0v) is 18.5. The summed E-state index contributed by atoms with van der Waals surface area (Å²) in [6, 6.07) is 6.11.